The number of hydrogen-bond acceptors (Lipinski definition) is 7. The van der Waals surface area contributed by atoms with Crippen LogP contribution >= 0.6 is 0 Å². The van der Waals surface area contributed by atoms with E-state index in [1.807, 2.05) is 0 Å². The second kappa shape index (κ2) is 8.34. The predicted octanol–water partition coefficient (Wildman–Crippen LogP) is 4.69. The van der Waals surface area contributed by atoms with Crippen molar-refractivity contribution in [3.05, 3.63) is 82.5 Å². The number of nitrogens with one attached hydrogen (secondary N) is 2. The lowest BCUT2D eigenvalue weighted by atomic mass is 10.1. The SMILES string of the molecule is [2H]c1c(F)cc(-c2cnc(Nc3cnn(C)c3)nc2Nc2cc([N+](=O)[O-])ccc2F)cc1F. The van der Waals surface area contributed by atoms with Crippen LogP contribution in [0.2, 0.25) is 0 Å². The zero-order chi connectivity index (χ0) is 23.7. The van der Waals surface area contributed by atoms with Crippen molar-refractivity contribution < 1.29 is 19.5 Å². The summed E-state index contributed by atoms with van der Waals surface area (Å²) in [7, 11) is 1.70. The van der Waals surface area contributed by atoms with E-state index in [4.69, 9.17) is 1.37 Å². The number of aromatic nitrogens is 4. The lowest BCUT2D eigenvalue weighted by Crippen LogP contribution is -2.04. The zero-order valence-electron chi connectivity index (χ0n) is 17.3. The van der Waals surface area contributed by atoms with Crippen molar-refractivity contribution in [1.29, 1.82) is 0 Å². The summed E-state index contributed by atoms with van der Waals surface area (Å²) in [5, 5.41) is 20.6. The first-order chi connectivity index (χ1) is 15.7. The van der Waals surface area contributed by atoms with Crippen LogP contribution in [-0.4, -0.2) is 24.7 Å². The van der Waals surface area contributed by atoms with Crippen LogP contribution in [-0.2, 0) is 7.05 Å². The fourth-order valence-corrected chi connectivity index (χ4v) is 2.87. The number of anilines is 4. The van der Waals surface area contributed by atoms with Crippen LogP contribution < -0.4 is 10.6 Å². The number of hydrogen-bond donors (Lipinski definition) is 2. The van der Waals surface area contributed by atoms with Gasteiger partial charge in [-0.3, -0.25) is 14.8 Å². The van der Waals surface area contributed by atoms with E-state index in [1.165, 1.54) is 17.1 Å². The largest absolute Gasteiger partial charge is 0.337 e. The number of non-ortho nitro benzene ring substituents is 1. The summed E-state index contributed by atoms with van der Waals surface area (Å²) in [5.74, 6) is -3.10. The second-order valence-electron chi connectivity index (χ2n) is 6.59. The molecule has 0 spiro atoms. The number of nitro groups is 1. The lowest BCUT2D eigenvalue weighted by Gasteiger charge is -2.13. The Labute approximate surface area is 180 Å². The van der Waals surface area contributed by atoms with Crippen LogP contribution in [0.3, 0.4) is 0 Å². The number of nitrogens with zero attached hydrogens (tertiary/aromatic N) is 5. The van der Waals surface area contributed by atoms with E-state index in [0.29, 0.717) is 5.69 Å². The first-order valence-corrected chi connectivity index (χ1v) is 9.01. The van der Waals surface area contributed by atoms with E-state index in [-0.39, 0.29) is 34.3 Å². The second-order valence-corrected chi connectivity index (χ2v) is 6.59. The van der Waals surface area contributed by atoms with E-state index in [0.717, 1.165) is 30.3 Å². The van der Waals surface area contributed by atoms with Gasteiger partial charge in [-0.25, -0.2) is 18.2 Å². The van der Waals surface area contributed by atoms with Crippen LogP contribution in [0.15, 0.2) is 55.0 Å². The third-order valence-electron chi connectivity index (χ3n) is 4.28. The maximum atomic E-state index is 14.4. The Morgan fingerprint density at radius 1 is 1.12 bits per heavy atom. The van der Waals surface area contributed by atoms with Crippen molar-refractivity contribution in [3.8, 4) is 11.1 Å². The summed E-state index contributed by atoms with van der Waals surface area (Å²) >= 11 is 0. The quantitative estimate of drug-likeness (QED) is 0.329. The molecule has 2 heterocycles. The molecule has 0 fully saturated rings. The molecule has 0 atom stereocenters. The highest BCUT2D eigenvalue weighted by Crippen LogP contribution is 2.32. The Hall–Kier alpha value is -4.48. The van der Waals surface area contributed by atoms with E-state index in [1.54, 1.807) is 13.2 Å². The van der Waals surface area contributed by atoms with Crippen molar-refractivity contribution in [2.75, 3.05) is 10.6 Å². The van der Waals surface area contributed by atoms with E-state index in [9.17, 15) is 23.3 Å². The summed E-state index contributed by atoms with van der Waals surface area (Å²) < 4.78 is 51.3. The molecule has 0 aliphatic heterocycles. The van der Waals surface area contributed by atoms with Crippen LogP contribution in [0.4, 0.5) is 42.0 Å². The molecule has 0 aliphatic rings. The van der Waals surface area contributed by atoms with Gasteiger partial charge in [-0.15, -0.1) is 0 Å². The Morgan fingerprint density at radius 3 is 2.53 bits per heavy atom. The highest BCUT2D eigenvalue weighted by molar-refractivity contribution is 5.79. The van der Waals surface area contributed by atoms with Crippen molar-refractivity contribution in [3.63, 3.8) is 0 Å². The van der Waals surface area contributed by atoms with Crippen molar-refractivity contribution >= 4 is 28.8 Å². The molecule has 0 bridgehead atoms. The molecule has 9 nitrogen and oxygen atoms in total. The zero-order valence-corrected chi connectivity index (χ0v) is 16.3. The molecule has 0 amide bonds. The molecule has 0 saturated heterocycles. The van der Waals surface area contributed by atoms with E-state index in [2.05, 4.69) is 25.7 Å². The molecule has 4 rings (SSSR count). The van der Waals surface area contributed by atoms with Gasteiger partial charge in [0.2, 0.25) is 5.95 Å². The summed E-state index contributed by atoms with van der Waals surface area (Å²) in [5.41, 5.74) is -0.0838. The molecule has 162 valence electrons. The molecule has 2 N–H and O–H groups in total. The fourth-order valence-electron chi connectivity index (χ4n) is 2.87. The van der Waals surface area contributed by atoms with Gasteiger partial charge in [0.1, 0.15) is 23.3 Å². The normalized spacial score (nSPS) is 11.2. The van der Waals surface area contributed by atoms with E-state index < -0.39 is 28.4 Å². The number of nitro benzene ring substituents is 1. The van der Waals surface area contributed by atoms with Crippen molar-refractivity contribution in [2.45, 2.75) is 0 Å². The van der Waals surface area contributed by atoms with Crippen LogP contribution in [0.5, 0.6) is 0 Å². The summed E-state index contributed by atoms with van der Waals surface area (Å²) in [6.45, 7) is 0. The number of aryl methyl sites for hydroxylation is 1. The Kier molecular flexibility index (Phi) is 5.07. The fraction of sp³-hybridized carbons (Fsp3) is 0.0500. The lowest BCUT2D eigenvalue weighted by molar-refractivity contribution is -0.384. The molecule has 0 saturated carbocycles. The smallest absolute Gasteiger partial charge is 0.271 e. The van der Waals surface area contributed by atoms with Gasteiger partial charge in [0.15, 0.2) is 0 Å². The molecule has 2 aromatic heterocycles. The molecule has 0 unspecified atom stereocenters. The minimum Gasteiger partial charge on any atom is -0.337 e. The highest BCUT2D eigenvalue weighted by Gasteiger charge is 2.16. The average Bonchev–Trinajstić information content (AvgIpc) is 3.17. The molecule has 4 aromatic rings. The Balaban J connectivity index is 1.81. The summed E-state index contributed by atoms with van der Waals surface area (Å²) in [6, 6.07) is 3.77. The van der Waals surface area contributed by atoms with Gasteiger partial charge in [-0.2, -0.15) is 10.1 Å². The van der Waals surface area contributed by atoms with Gasteiger partial charge < -0.3 is 10.6 Å². The van der Waals surface area contributed by atoms with Gasteiger partial charge >= 0.3 is 0 Å². The van der Waals surface area contributed by atoms with Gasteiger partial charge in [0.05, 0.1) is 23.9 Å². The molecular formula is C20H14F3N7O2. The highest BCUT2D eigenvalue weighted by atomic mass is 19.1. The monoisotopic (exact) mass is 442 g/mol. The number of halogens is 3. The minimum absolute atomic E-state index is 0.0257. The first kappa shape index (κ1) is 19.5. The van der Waals surface area contributed by atoms with E-state index >= 15 is 0 Å². The van der Waals surface area contributed by atoms with Crippen molar-refractivity contribution in [2.24, 2.45) is 7.05 Å². The molecular weight excluding hydrogens is 427 g/mol. The van der Waals surface area contributed by atoms with Gasteiger partial charge in [-0.05, 0) is 23.8 Å². The van der Waals surface area contributed by atoms with Crippen LogP contribution in [0.1, 0.15) is 1.37 Å². The maximum absolute atomic E-state index is 14.4. The summed E-state index contributed by atoms with van der Waals surface area (Å²) in [6.07, 6.45) is 4.38. The summed E-state index contributed by atoms with van der Waals surface area (Å²) in [4.78, 5) is 18.8. The van der Waals surface area contributed by atoms with Gasteiger partial charge in [0, 0.05) is 43.2 Å². The predicted molar refractivity (Wildman–Crippen MR) is 110 cm³/mol. The number of benzene rings is 2. The Bertz CT molecular complexity index is 1360. The minimum atomic E-state index is -1.12. The molecule has 12 heteroatoms. The molecule has 32 heavy (non-hydrogen) atoms. The van der Waals surface area contributed by atoms with Crippen molar-refractivity contribution in [1.82, 2.24) is 19.7 Å². The topological polar surface area (TPSA) is 111 Å². The first-order valence-electron chi connectivity index (χ1n) is 9.51. The average molecular weight is 442 g/mol. The third kappa shape index (κ3) is 4.48. The molecule has 0 radical (unpaired) electrons. The Morgan fingerprint density at radius 2 is 1.88 bits per heavy atom. The van der Waals surface area contributed by atoms with Crippen LogP contribution in [0.25, 0.3) is 11.1 Å². The van der Waals surface area contributed by atoms with Crippen LogP contribution in [0, 0.1) is 27.6 Å². The number of rotatable bonds is 6. The standard InChI is InChI=1S/C20H14F3N7O2/c1-29-10-14(8-25-29)26-20-24-9-16(11-4-12(21)6-13(22)5-11)19(28-20)27-18-7-15(30(31)32)2-3-17(18)23/h2-10H,1H3,(H2,24,26,27,28)/i6D. The molecule has 0 aliphatic carbocycles. The third-order valence-corrected chi connectivity index (χ3v) is 4.28. The van der Waals surface area contributed by atoms with Gasteiger partial charge in [-0.1, -0.05) is 0 Å². The van der Waals surface area contributed by atoms with Gasteiger partial charge in [0.25, 0.3) is 5.69 Å². The molecule has 2 aromatic carbocycles. The maximum Gasteiger partial charge on any atom is 0.271 e.